The topological polar surface area (TPSA) is 108 Å². The number of carbonyl (C=O) groups is 2. The second-order valence-electron chi connectivity index (χ2n) is 15.0. The summed E-state index contributed by atoms with van der Waals surface area (Å²) in [5.41, 5.74) is 0. The van der Waals surface area contributed by atoms with Crippen LogP contribution in [0.5, 0.6) is 0 Å². The number of phosphoric ester groups is 1. The van der Waals surface area contributed by atoms with E-state index in [0.717, 1.165) is 77.0 Å². The van der Waals surface area contributed by atoms with Crippen LogP contribution in [0.1, 0.15) is 188 Å². The third-order valence-corrected chi connectivity index (χ3v) is 10.4. The lowest BCUT2D eigenvalue weighted by atomic mass is 10.1. The van der Waals surface area contributed by atoms with Gasteiger partial charge in [-0.1, -0.05) is 182 Å². The van der Waals surface area contributed by atoms with Gasteiger partial charge in [-0.15, -0.1) is 0 Å². The van der Waals surface area contributed by atoms with Gasteiger partial charge in [-0.05, 0) is 90.4 Å². The minimum absolute atomic E-state index is 0.0190. The van der Waals surface area contributed by atoms with Crippen molar-refractivity contribution >= 4 is 19.8 Å². The minimum Gasteiger partial charge on any atom is -0.462 e. The number of ether oxygens (including phenoxy) is 2. The van der Waals surface area contributed by atoms with Crippen molar-refractivity contribution in [2.75, 3.05) is 19.8 Å². The summed E-state index contributed by atoms with van der Waals surface area (Å²) in [6.45, 7) is 5.25. The first-order valence-corrected chi connectivity index (χ1v) is 25.0. The standard InChI is InChI=1S/C51H85O8P/c1-4-7-9-11-13-15-17-19-21-23-25-26-28-29-31-33-35-37-39-41-43-45-50(52)56-47-49(48-58-60(54,55)57-6-3)59-51(53)46-44-42-40-38-36-34-32-30-27-24-22-20-18-16-14-12-10-8-5-2/h8,10,14,16-17,19-20,22-23,25,27,30,34,36,40,42,49H,4-7,9,11-13,15,18,21,24,26,28-29,31-33,35,37-39,41,43-48H2,1-3H3,(H,54,55)/b10-8-,16-14-,19-17-,22-20-,25-23-,30-27-,36-34-,42-40-. The molecule has 0 bridgehead atoms. The van der Waals surface area contributed by atoms with E-state index in [1.165, 1.54) is 70.6 Å². The molecule has 0 radical (unpaired) electrons. The Morgan fingerprint density at radius 1 is 0.467 bits per heavy atom. The lowest BCUT2D eigenvalue weighted by Crippen LogP contribution is -2.29. The van der Waals surface area contributed by atoms with Crippen LogP contribution in [-0.4, -0.2) is 42.8 Å². The Balaban J connectivity index is 4.17. The van der Waals surface area contributed by atoms with E-state index >= 15 is 0 Å². The van der Waals surface area contributed by atoms with Gasteiger partial charge in [0.05, 0.1) is 13.2 Å². The first-order chi connectivity index (χ1) is 29.3. The lowest BCUT2D eigenvalue weighted by Gasteiger charge is -2.19. The Morgan fingerprint density at radius 2 is 0.883 bits per heavy atom. The molecule has 0 aromatic heterocycles. The largest absolute Gasteiger partial charge is 0.472 e. The number of hydrogen-bond acceptors (Lipinski definition) is 7. The normalized spacial score (nSPS) is 14.1. The highest BCUT2D eigenvalue weighted by Gasteiger charge is 2.25. The van der Waals surface area contributed by atoms with Crippen LogP contribution in [0.2, 0.25) is 0 Å². The van der Waals surface area contributed by atoms with E-state index in [1.807, 2.05) is 12.2 Å². The SMILES string of the molecule is CC/C=C\C/C=C\C/C=C\C/C=C\C/C=C\C/C=C\CCC(=O)OC(COC(=O)CCCCCCCCCCC/C=C\C/C=C\CCCCCCC)COP(=O)(O)OCC. The van der Waals surface area contributed by atoms with E-state index in [9.17, 15) is 19.0 Å². The van der Waals surface area contributed by atoms with E-state index in [-0.39, 0.29) is 26.1 Å². The first-order valence-electron chi connectivity index (χ1n) is 23.5. The highest BCUT2D eigenvalue weighted by atomic mass is 31.2. The molecular formula is C51H85O8P. The summed E-state index contributed by atoms with van der Waals surface area (Å²) in [4.78, 5) is 34.8. The van der Waals surface area contributed by atoms with Crippen LogP contribution in [0.4, 0.5) is 0 Å². The third-order valence-electron chi connectivity index (χ3n) is 9.39. The average molecular weight is 857 g/mol. The van der Waals surface area contributed by atoms with Crippen LogP contribution in [-0.2, 0) is 32.7 Å². The van der Waals surface area contributed by atoms with E-state index in [4.69, 9.17) is 18.5 Å². The van der Waals surface area contributed by atoms with Crippen LogP contribution in [0.15, 0.2) is 97.2 Å². The number of allylic oxidation sites excluding steroid dienone is 16. The highest BCUT2D eigenvalue weighted by Crippen LogP contribution is 2.43. The molecule has 0 fully saturated rings. The molecule has 1 N–H and O–H groups in total. The summed E-state index contributed by atoms with van der Waals surface area (Å²) in [6.07, 6.45) is 60.5. The number of esters is 2. The Kier molecular flexibility index (Phi) is 43.2. The molecule has 0 spiro atoms. The first kappa shape index (κ1) is 57.0. The molecule has 2 atom stereocenters. The zero-order chi connectivity index (χ0) is 43.9. The van der Waals surface area contributed by atoms with Gasteiger partial charge in [0.25, 0.3) is 0 Å². The maximum Gasteiger partial charge on any atom is 0.472 e. The average Bonchev–Trinajstić information content (AvgIpc) is 3.23. The number of carbonyl (C=O) groups excluding carboxylic acids is 2. The van der Waals surface area contributed by atoms with Gasteiger partial charge in [-0.2, -0.15) is 0 Å². The van der Waals surface area contributed by atoms with Crippen molar-refractivity contribution < 1.29 is 37.6 Å². The molecule has 0 heterocycles. The Labute approximate surface area is 367 Å². The van der Waals surface area contributed by atoms with E-state index in [1.54, 1.807) is 6.92 Å². The van der Waals surface area contributed by atoms with Crippen molar-refractivity contribution in [2.45, 2.75) is 194 Å². The Bertz CT molecular complexity index is 1290. The quantitative estimate of drug-likeness (QED) is 0.0280. The van der Waals surface area contributed by atoms with Gasteiger partial charge in [0, 0.05) is 12.8 Å². The summed E-state index contributed by atoms with van der Waals surface area (Å²) in [6, 6.07) is 0. The molecule has 0 aliphatic heterocycles. The highest BCUT2D eigenvalue weighted by molar-refractivity contribution is 7.47. The van der Waals surface area contributed by atoms with Crippen LogP contribution >= 0.6 is 7.82 Å². The molecule has 0 saturated heterocycles. The van der Waals surface area contributed by atoms with E-state index in [2.05, 4.69) is 98.9 Å². The summed E-state index contributed by atoms with van der Waals surface area (Å²) >= 11 is 0. The molecule has 60 heavy (non-hydrogen) atoms. The number of phosphoric acid groups is 1. The van der Waals surface area contributed by atoms with E-state index in [0.29, 0.717) is 6.42 Å². The van der Waals surface area contributed by atoms with Gasteiger partial charge >= 0.3 is 19.8 Å². The predicted molar refractivity (Wildman–Crippen MR) is 253 cm³/mol. The zero-order valence-corrected chi connectivity index (χ0v) is 39.0. The van der Waals surface area contributed by atoms with Crippen molar-refractivity contribution in [2.24, 2.45) is 0 Å². The Morgan fingerprint density at radius 3 is 1.35 bits per heavy atom. The number of rotatable bonds is 42. The second kappa shape index (κ2) is 45.5. The second-order valence-corrected chi connectivity index (χ2v) is 16.5. The van der Waals surface area contributed by atoms with Gasteiger partial charge in [0.2, 0.25) is 0 Å². The smallest absolute Gasteiger partial charge is 0.462 e. The monoisotopic (exact) mass is 857 g/mol. The van der Waals surface area contributed by atoms with Crippen molar-refractivity contribution in [1.82, 2.24) is 0 Å². The van der Waals surface area contributed by atoms with Crippen LogP contribution in [0.25, 0.3) is 0 Å². The fourth-order valence-electron chi connectivity index (χ4n) is 5.98. The molecule has 0 saturated carbocycles. The molecule has 342 valence electrons. The van der Waals surface area contributed by atoms with Gasteiger partial charge in [0.15, 0.2) is 6.10 Å². The molecule has 0 aliphatic rings. The predicted octanol–water partition coefficient (Wildman–Crippen LogP) is 15.2. The van der Waals surface area contributed by atoms with E-state index < -0.39 is 32.5 Å². The van der Waals surface area contributed by atoms with Crippen LogP contribution < -0.4 is 0 Å². The van der Waals surface area contributed by atoms with Gasteiger partial charge in [-0.3, -0.25) is 18.6 Å². The molecular weight excluding hydrogens is 772 g/mol. The number of unbranched alkanes of at least 4 members (excludes halogenated alkanes) is 14. The van der Waals surface area contributed by atoms with Crippen molar-refractivity contribution in [3.8, 4) is 0 Å². The molecule has 0 aromatic carbocycles. The number of hydrogen-bond donors (Lipinski definition) is 1. The fourth-order valence-corrected chi connectivity index (χ4v) is 6.73. The minimum atomic E-state index is -4.31. The maximum absolute atomic E-state index is 12.6. The summed E-state index contributed by atoms with van der Waals surface area (Å²) in [5, 5.41) is 0. The summed E-state index contributed by atoms with van der Waals surface area (Å²) < 4.78 is 32.6. The van der Waals surface area contributed by atoms with Crippen molar-refractivity contribution in [3.05, 3.63) is 97.2 Å². The maximum atomic E-state index is 12.6. The van der Waals surface area contributed by atoms with Crippen molar-refractivity contribution in [1.29, 1.82) is 0 Å². The van der Waals surface area contributed by atoms with Gasteiger partial charge in [-0.25, -0.2) is 4.57 Å². The molecule has 0 aliphatic carbocycles. The Hall–Kier alpha value is -3.03. The van der Waals surface area contributed by atoms with Gasteiger partial charge in [0.1, 0.15) is 6.61 Å². The molecule has 8 nitrogen and oxygen atoms in total. The molecule has 0 amide bonds. The van der Waals surface area contributed by atoms with Gasteiger partial charge < -0.3 is 14.4 Å². The lowest BCUT2D eigenvalue weighted by molar-refractivity contribution is -0.161. The third kappa shape index (κ3) is 44.5. The summed E-state index contributed by atoms with van der Waals surface area (Å²) in [7, 11) is -4.31. The van der Waals surface area contributed by atoms with Crippen LogP contribution in [0, 0.1) is 0 Å². The molecule has 0 rings (SSSR count). The summed E-state index contributed by atoms with van der Waals surface area (Å²) in [5.74, 6) is -0.906. The molecule has 0 aromatic rings. The van der Waals surface area contributed by atoms with Crippen LogP contribution in [0.3, 0.4) is 0 Å². The molecule has 9 heteroatoms. The van der Waals surface area contributed by atoms with Crippen molar-refractivity contribution in [3.63, 3.8) is 0 Å². The zero-order valence-electron chi connectivity index (χ0n) is 38.1. The fraction of sp³-hybridized carbons (Fsp3) is 0.647. The molecule has 2 unspecified atom stereocenters.